The third-order valence-corrected chi connectivity index (χ3v) is 4.48. The van der Waals surface area contributed by atoms with Crippen LogP contribution >= 0.6 is 0 Å². The molecular weight excluding hydrogens is 236 g/mol. The second-order valence-electron chi connectivity index (χ2n) is 5.40. The van der Waals surface area contributed by atoms with Gasteiger partial charge in [0.25, 0.3) is 0 Å². The normalized spacial score (nSPS) is 19.7. The first-order valence-corrected chi connectivity index (χ1v) is 6.90. The van der Waals surface area contributed by atoms with Gasteiger partial charge in [-0.25, -0.2) is 0 Å². The second kappa shape index (κ2) is 4.91. The highest BCUT2D eigenvalue weighted by molar-refractivity contribution is 5.85. The Morgan fingerprint density at radius 3 is 2.79 bits per heavy atom. The lowest BCUT2D eigenvalue weighted by atomic mass is 9.85. The number of nitrogens with zero attached hydrogens (tertiary/aromatic N) is 1. The maximum absolute atomic E-state index is 6.56. The van der Waals surface area contributed by atoms with E-state index in [0.29, 0.717) is 0 Å². The summed E-state index contributed by atoms with van der Waals surface area (Å²) in [4.78, 5) is 4.23. The minimum Gasteiger partial charge on any atom is -0.376 e. The van der Waals surface area contributed by atoms with Gasteiger partial charge < -0.3 is 10.5 Å². The van der Waals surface area contributed by atoms with Crippen LogP contribution in [0.5, 0.6) is 0 Å². The summed E-state index contributed by atoms with van der Waals surface area (Å²) >= 11 is 0. The molecule has 19 heavy (non-hydrogen) atoms. The van der Waals surface area contributed by atoms with Gasteiger partial charge in [0.2, 0.25) is 0 Å². The van der Waals surface area contributed by atoms with Crippen molar-refractivity contribution in [3.05, 3.63) is 42.2 Å². The molecule has 3 nitrogen and oxygen atoms in total. The van der Waals surface area contributed by atoms with E-state index < -0.39 is 0 Å². The van der Waals surface area contributed by atoms with Crippen LogP contribution in [-0.4, -0.2) is 17.7 Å². The summed E-state index contributed by atoms with van der Waals surface area (Å²) in [6.45, 7) is 0. The number of fused-ring (bicyclic) bond motifs is 1. The lowest BCUT2D eigenvalue weighted by Gasteiger charge is -2.34. The van der Waals surface area contributed by atoms with E-state index in [9.17, 15) is 0 Å². The van der Waals surface area contributed by atoms with E-state index in [-0.39, 0.29) is 11.6 Å². The van der Waals surface area contributed by atoms with Gasteiger partial charge in [-0.1, -0.05) is 31.0 Å². The van der Waals surface area contributed by atoms with Crippen molar-refractivity contribution in [2.24, 2.45) is 5.73 Å². The third kappa shape index (κ3) is 2.03. The minimum atomic E-state index is -0.204. The van der Waals surface area contributed by atoms with Crippen LogP contribution in [0.2, 0.25) is 0 Å². The van der Waals surface area contributed by atoms with Crippen molar-refractivity contribution in [2.45, 2.75) is 37.3 Å². The van der Waals surface area contributed by atoms with E-state index in [1.54, 1.807) is 7.11 Å². The van der Waals surface area contributed by atoms with E-state index in [1.165, 1.54) is 18.2 Å². The first-order chi connectivity index (χ1) is 9.27. The molecule has 0 saturated heterocycles. The van der Waals surface area contributed by atoms with Gasteiger partial charge in [-0.3, -0.25) is 4.98 Å². The second-order valence-corrected chi connectivity index (χ2v) is 5.40. The Morgan fingerprint density at radius 2 is 2.05 bits per heavy atom. The monoisotopic (exact) mass is 256 g/mol. The third-order valence-electron chi connectivity index (χ3n) is 4.48. The van der Waals surface area contributed by atoms with Gasteiger partial charge in [0.05, 0.1) is 11.6 Å². The maximum Gasteiger partial charge on any atom is 0.0870 e. The van der Waals surface area contributed by atoms with Crippen LogP contribution in [-0.2, 0) is 4.74 Å². The predicted octanol–water partition coefficient (Wildman–Crippen LogP) is 3.19. The van der Waals surface area contributed by atoms with Crippen molar-refractivity contribution in [2.75, 3.05) is 7.11 Å². The lowest BCUT2D eigenvalue weighted by molar-refractivity contribution is -0.0260. The summed E-state index contributed by atoms with van der Waals surface area (Å²) in [5, 5.41) is 2.33. The van der Waals surface area contributed by atoms with Gasteiger partial charge in [-0.05, 0) is 29.9 Å². The van der Waals surface area contributed by atoms with Crippen molar-refractivity contribution < 1.29 is 4.74 Å². The Morgan fingerprint density at radius 1 is 1.26 bits per heavy atom. The number of ether oxygens (including phenoxy) is 1. The number of methoxy groups -OCH3 is 1. The smallest absolute Gasteiger partial charge is 0.0870 e. The zero-order valence-corrected chi connectivity index (χ0v) is 11.3. The Balaban J connectivity index is 2.08. The molecule has 3 rings (SSSR count). The average Bonchev–Trinajstić information content (AvgIpc) is 2.96. The zero-order chi connectivity index (χ0) is 13.3. The highest BCUT2D eigenvalue weighted by Crippen LogP contribution is 2.42. The van der Waals surface area contributed by atoms with Crippen LogP contribution < -0.4 is 5.73 Å². The topological polar surface area (TPSA) is 48.1 Å². The number of aromatic nitrogens is 1. The fourth-order valence-electron chi connectivity index (χ4n) is 3.31. The largest absolute Gasteiger partial charge is 0.376 e. The van der Waals surface area contributed by atoms with Crippen LogP contribution in [0.3, 0.4) is 0 Å². The lowest BCUT2D eigenvalue weighted by Crippen LogP contribution is -2.40. The summed E-state index contributed by atoms with van der Waals surface area (Å²) in [6.07, 6.45) is 8.21. The summed E-state index contributed by atoms with van der Waals surface area (Å²) in [5.74, 6) is 0. The van der Waals surface area contributed by atoms with Crippen LogP contribution in [0, 0.1) is 0 Å². The van der Waals surface area contributed by atoms with E-state index in [0.717, 1.165) is 23.8 Å². The number of rotatable bonds is 3. The van der Waals surface area contributed by atoms with Crippen molar-refractivity contribution in [3.8, 4) is 0 Å². The van der Waals surface area contributed by atoms with Gasteiger partial charge in [0, 0.05) is 24.9 Å². The summed E-state index contributed by atoms with van der Waals surface area (Å²) in [7, 11) is 1.79. The van der Waals surface area contributed by atoms with Gasteiger partial charge in [0.1, 0.15) is 0 Å². The van der Waals surface area contributed by atoms with E-state index in [4.69, 9.17) is 10.5 Å². The minimum absolute atomic E-state index is 0.0899. The number of nitrogens with two attached hydrogens (primary N) is 1. The molecule has 0 amide bonds. The Hall–Kier alpha value is -1.45. The zero-order valence-electron chi connectivity index (χ0n) is 11.3. The molecule has 0 spiro atoms. The molecule has 0 radical (unpaired) electrons. The average molecular weight is 256 g/mol. The van der Waals surface area contributed by atoms with E-state index >= 15 is 0 Å². The van der Waals surface area contributed by atoms with Crippen molar-refractivity contribution in [1.29, 1.82) is 0 Å². The van der Waals surface area contributed by atoms with Gasteiger partial charge in [0.15, 0.2) is 0 Å². The summed E-state index contributed by atoms with van der Waals surface area (Å²) in [5.41, 5.74) is 7.50. The van der Waals surface area contributed by atoms with Crippen molar-refractivity contribution in [3.63, 3.8) is 0 Å². The first kappa shape index (κ1) is 12.6. The van der Waals surface area contributed by atoms with Crippen LogP contribution in [0.15, 0.2) is 36.7 Å². The molecule has 1 unspecified atom stereocenters. The van der Waals surface area contributed by atoms with Crippen LogP contribution in [0.25, 0.3) is 10.8 Å². The van der Waals surface area contributed by atoms with Crippen molar-refractivity contribution in [1.82, 2.24) is 4.98 Å². The molecule has 1 aromatic carbocycles. The molecule has 0 aliphatic heterocycles. The number of hydrogen-bond donors (Lipinski definition) is 1. The van der Waals surface area contributed by atoms with E-state index in [2.05, 4.69) is 23.2 Å². The Labute approximate surface area is 113 Å². The molecule has 2 aromatic rings. The molecule has 1 saturated carbocycles. The highest BCUT2D eigenvalue weighted by Gasteiger charge is 2.40. The number of pyridine rings is 1. The molecule has 1 fully saturated rings. The van der Waals surface area contributed by atoms with Crippen molar-refractivity contribution >= 4 is 10.8 Å². The number of benzene rings is 1. The molecule has 3 heteroatoms. The Kier molecular flexibility index (Phi) is 3.25. The van der Waals surface area contributed by atoms with Crippen LogP contribution in [0.4, 0.5) is 0 Å². The van der Waals surface area contributed by atoms with Gasteiger partial charge in [-0.15, -0.1) is 0 Å². The molecule has 1 aliphatic carbocycles. The van der Waals surface area contributed by atoms with Gasteiger partial charge >= 0.3 is 0 Å². The van der Waals surface area contributed by atoms with Crippen LogP contribution in [0.1, 0.15) is 37.3 Å². The number of hydrogen-bond acceptors (Lipinski definition) is 3. The molecule has 1 atom stereocenters. The van der Waals surface area contributed by atoms with Gasteiger partial charge in [-0.2, -0.15) is 0 Å². The Bertz CT molecular complexity index is 570. The quantitative estimate of drug-likeness (QED) is 0.917. The molecule has 2 N–H and O–H groups in total. The molecule has 100 valence electrons. The molecule has 0 bridgehead atoms. The predicted molar refractivity (Wildman–Crippen MR) is 76.9 cm³/mol. The summed E-state index contributed by atoms with van der Waals surface area (Å²) in [6, 6.07) is 8.21. The molecule has 1 heterocycles. The fourth-order valence-corrected chi connectivity index (χ4v) is 3.31. The highest BCUT2D eigenvalue weighted by atomic mass is 16.5. The maximum atomic E-state index is 6.56. The fraction of sp³-hybridized carbons (Fsp3) is 0.438. The first-order valence-electron chi connectivity index (χ1n) is 6.90. The standard InChI is InChI=1S/C16H20N2O/c1-19-16(8-2-3-9-16)15(17)13-6-4-5-12-7-10-18-11-14(12)13/h4-7,10-11,15H,2-3,8-9,17H2,1H3. The molecular formula is C16H20N2O. The SMILES string of the molecule is COC1(C(N)c2cccc3ccncc23)CCCC1. The molecule has 1 aromatic heterocycles. The van der Waals surface area contributed by atoms with E-state index in [1.807, 2.05) is 18.5 Å². The summed E-state index contributed by atoms with van der Waals surface area (Å²) < 4.78 is 5.82. The molecule has 1 aliphatic rings.